The molecule has 0 fully saturated rings. The Balaban J connectivity index is 1.56. The van der Waals surface area contributed by atoms with Gasteiger partial charge in [-0.05, 0) is 48.2 Å². The van der Waals surface area contributed by atoms with Gasteiger partial charge in [-0.1, -0.05) is 60.3 Å². The van der Waals surface area contributed by atoms with Crippen molar-refractivity contribution in [2.24, 2.45) is 0 Å². The zero-order valence-corrected chi connectivity index (χ0v) is 16.6. The summed E-state index contributed by atoms with van der Waals surface area (Å²) in [6.45, 7) is 4.35. The number of rotatable bonds is 4. The van der Waals surface area contributed by atoms with Gasteiger partial charge < -0.3 is 0 Å². The minimum Gasteiger partial charge on any atom is -0.143 e. The van der Waals surface area contributed by atoms with Crippen molar-refractivity contribution in [3.8, 4) is 20.9 Å². The molecule has 124 valence electrons. The van der Waals surface area contributed by atoms with Gasteiger partial charge in [-0.15, -0.1) is 22.7 Å². The Hall–Kier alpha value is -1.81. The lowest BCUT2D eigenvalue weighted by atomic mass is 10.1. The van der Waals surface area contributed by atoms with Crippen LogP contribution in [0.3, 0.4) is 0 Å². The Labute approximate surface area is 161 Å². The molecule has 0 saturated heterocycles. The molecule has 3 heteroatoms. The number of benzene rings is 2. The number of hydrogen-bond donors (Lipinski definition) is 0. The van der Waals surface area contributed by atoms with Crippen LogP contribution in [-0.2, 0) is 0 Å². The highest BCUT2D eigenvalue weighted by molar-refractivity contribution is 7.99. The third kappa shape index (κ3) is 3.59. The molecule has 0 bridgehead atoms. The number of aryl methyl sites for hydroxylation is 2. The number of hydrogen-bond acceptors (Lipinski definition) is 3. The quantitative estimate of drug-likeness (QED) is 0.347. The second kappa shape index (κ2) is 7.20. The smallest absolute Gasteiger partial charge is 0.0357 e. The first-order chi connectivity index (χ1) is 12.2. The van der Waals surface area contributed by atoms with E-state index in [1.807, 2.05) is 34.4 Å². The molecule has 0 amide bonds. The Morgan fingerprint density at radius 3 is 1.52 bits per heavy atom. The van der Waals surface area contributed by atoms with E-state index in [1.165, 1.54) is 41.8 Å². The lowest BCUT2D eigenvalue weighted by molar-refractivity contribution is 1.46. The summed E-state index contributed by atoms with van der Waals surface area (Å²) in [5.74, 6) is 0. The fourth-order valence-electron chi connectivity index (χ4n) is 2.86. The molecule has 0 aliphatic carbocycles. The molecule has 4 rings (SSSR count). The second-order valence-corrected chi connectivity index (χ2v) is 8.99. The maximum absolute atomic E-state index is 2.31. The zero-order valence-electron chi connectivity index (χ0n) is 14.2. The van der Waals surface area contributed by atoms with E-state index in [0.29, 0.717) is 0 Å². The predicted molar refractivity (Wildman–Crippen MR) is 113 cm³/mol. The maximum Gasteiger partial charge on any atom is 0.0357 e. The van der Waals surface area contributed by atoms with E-state index >= 15 is 0 Å². The summed E-state index contributed by atoms with van der Waals surface area (Å²) < 4.78 is 0. The Kier molecular flexibility index (Phi) is 4.80. The highest BCUT2D eigenvalue weighted by Crippen LogP contribution is 2.40. The molecule has 0 saturated carbocycles. The average Bonchev–Trinajstić information content (AvgIpc) is 3.26. The molecule has 0 atom stereocenters. The van der Waals surface area contributed by atoms with Gasteiger partial charge in [0.2, 0.25) is 0 Å². The minimum absolute atomic E-state index is 1.32. The van der Waals surface area contributed by atoms with Crippen LogP contribution in [0.15, 0.2) is 81.2 Å². The lowest BCUT2D eigenvalue weighted by Crippen LogP contribution is -1.77. The van der Waals surface area contributed by atoms with Gasteiger partial charge in [0.15, 0.2) is 0 Å². The molecule has 2 aromatic heterocycles. The van der Waals surface area contributed by atoms with Crippen LogP contribution in [0.2, 0.25) is 0 Å². The van der Waals surface area contributed by atoms with Gasteiger partial charge in [0.25, 0.3) is 0 Å². The van der Waals surface area contributed by atoms with Crippen molar-refractivity contribution in [3.63, 3.8) is 0 Å². The normalized spacial score (nSPS) is 11.0. The summed E-state index contributed by atoms with van der Waals surface area (Å²) in [4.78, 5) is 5.32. The molecule has 0 N–H and O–H groups in total. The van der Waals surface area contributed by atoms with Crippen LogP contribution in [0.1, 0.15) is 11.1 Å². The summed E-state index contributed by atoms with van der Waals surface area (Å²) in [6, 6.07) is 21.8. The first-order valence-electron chi connectivity index (χ1n) is 8.17. The van der Waals surface area contributed by atoms with Crippen LogP contribution in [-0.4, -0.2) is 0 Å². The zero-order chi connectivity index (χ0) is 17.2. The largest absolute Gasteiger partial charge is 0.143 e. The first kappa shape index (κ1) is 16.6. The van der Waals surface area contributed by atoms with Gasteiger partial charge in [0.1, 0.15) is 0 Å². The third-order valence-electron chi connectivity index (χ3n) is 4.21. The average molecular weight is 379 g/mol. The van der Waals surface area contributed by atoms with E-state index in [9.17, 15) is 0 Å². The van der Waals surface area contributed by atoms with Crippen LogP contribution >= 0.6 is 34.4 Å². The van der Waals surface area contributed by atoms with Crippen LogP contribution in [0.5, 0.6) is 0 Å². The van der Waals surface area contributed by atoms with Crippen LogP contribution < -0.4 is 0 Å². The molecule has 0 radical (unpaired) electrons. The molecule has 4 aromatic rings. The summed E-state index contributed by atoms with van der Waals surface area (Å²) in [5, 5.41) is 4.52. The van der Waals surface area contributed by atoms with Crippen molar-refractivity contribution in [2.75, 3.05) is 0 Å². The van der Waals surface area contributed by atoms with Crippen molar-refractivity contribution < 1.29 is 0 Å². The van der Waals surface area contributed by atoms with Crippen molar-refractivity contribution in [1.29, 1.82) is 0 Å². The molecule has 25 heavy (non-hydrogen) atoms. The van der Waals surface area contributed by atoms with Gasteiger partial charge in [-0.2, -0.15) is 0 Å². The third-order valence-corrected chi connectivity index (χ3v) is 7.38. The summed E-state index contributed by atoms with van der Waals surface area (Å²) >= 11 is 5.50. The standard InChI is InChI=1S/C22H18S3/c1-15-7-3-5-9-19(15)21-11-17(13-23-21)25-18-12-22(24-14-18)20-10-6-4-8-16(20)2/h3-14H,1-2H3. The molecule has 0 aliphatic rings. The first-order valence-corrected chi connectivity index (χ1v) is 10.8. The summed E-state index contributed by atoms with van der Waals surface area (Å²) in [6.07, 6.45) is 0. The van der Waals surface area contributed by atoms with E-state index < -0.39 is 0 Å². The molecule has 0 spiro atoms. The minimum atomic E-state index is 1.32. The SMILES string of the molecule is Cc1ccccc1-c1cc(Sc2csc(-c3ccccc3C)c2)cs1. The van der Waals surface area contributed by atoms with Crippen molar-refractivity contribution in [1.82, 2.24) is 0 Å². The van der Waals surface area contributed by atoms with E-state index in [0.717, 1.165) is 0 Å². The van der Waals surface area contributed by atoms with Crippen LogP contribution in [0.4, 0.5) is 0 Å². The monoisotopic (exact) mass is 378 g/mol. The van der Waals surface area contributed by atoms with E-state index in [2.05, 4.69) is 85.3 Å². The van der Waals surface area contributed by atoms with Crippen molar-refractivity contribution in [3.05, 3.63) is 82.6 Å². The fraction of sp³-hybridized carbons (Fsp3) is 0.0909. The van der Waals surface area contributed by atoms with Gasteiger partial charge in [-0.3, -0.25) is 0 Å². The topological polar surface area (TPSA) is 0 Å². The Morgan fingerprint density at radius 1 is 0.640 bits per heavy atom. The Morgan fingerprint density at radius 2 is 1.08 bits per heavy atom. The fourth-order valence-corrected chi connectivity index (χ4v) is 6.03. The highest BCUT2D eigenvalue weighted by Gasteiger charge is 2.09. The van der Waals surface area contributed by atoms with Gasteiger partial charge in [-0.25, -0.2) is 0 Å². The highest BCUT2D eigenvalue weighted by atomic mass is 32.2. The molecule has 2 aromatic carbocycles. The molecular formula is C22H18S3. The molecule has 0 aliphatic heterocycles. The number of thiophene rings is 2. The van der Waals surface area contributed by atoms with E-state index in [-0.39, 0.29) is 0 Å². The molecule has 0 nitrogen and oxygen atoms in total. The van der Waals surface area contributed by atoms with Gasteiger partial charge >= 0.3 is 0 Å². The molecular weight excluding hydrogens is 360 g/mol. The predicted octanol–water partition coefficient (Wildman–Crippen LogP) is 7.91. The van der Waals surface area contributed by atoms with Crippen LogP contribution in [0, 0.1) is 13.8 Å². The summed E-state index contributed by atoms with van der Waals surface area (Å²) in [5.41, 5.74) is 5.34. The van der Waals surface area contributed by atoms with Crippen molar-refractivity contribution >= 4 is 34.4 Å². The van der Waals surface area contributed by atoms with E-state index in [4.69, 9.17) is 0 Å². The van der Waals surface area contributed by atoms with Crippen molar-refractivity contribution in [2.45, 2.75) is 23.6 Å². The Bertz CT molecular complexity index is 926. The van der Waals surface area contributed by atoms with Crippen LogP contribution in [0.25, 0.3) is 20.9 Å². The van der Waals surface area contributed by atoms with Gasteiger partial charge in [0, 0.05) is 30.3 Å². The van der Waals surface area contributed by atoms with Gasteiger partial charge in [0.05, 0.1) is 0 Å². The summed E-state index contributed by atoms with van der Waals surface area (Å²) in [7, 11) is 0. The maximum atomic E-state index is 2.31. The second-order valence-electron chi connectivity index (χ2n) is 6.03. The lowest BCUT2D eigenvalue weighted by Gasteiger charge is -2.01. The van der Waals surface area contributed by atoms with E-state index in [1.54, 1.807) is 0 Å². The molecule has 0 unspecified atom stereocenters. The molecule has 2 heterocycles.